The second-order valence-electron chi connectivity index (χ2n) is 8.60. The normalized spacial score (nSPS) is 17.6. The maximum absolute atomic E-state index is 10.1. The predicted octanol–water partition coefficient (Wildman–Crippen LogP) is 3.56. The van der Waals surface area contributed by atoms with Gasteiger partial charge in [-0.05, 0) is 42.3 Å². The van der Waals surface area contributed by atoms with Crippen LogP contribution in [0.1, 0.15) is 13.8 Å². The van der Waals surface area contributed by atoms with Gasteiger partial charge >= 0.3 is 0 Å². The highest BCUT2D eigenvalue weighted by Crippen LogP contribution is 2.26. The van der Waals surface area contributed by atoms with Crippen LogP contribution in [0.5, 0.6) is 0 Å². The number of guanidine groups is 1. The monoisotopic (exact) mass is 455 g/mol. The smallest absolute Gasteiger partial charge is 0.298 e. The number of hydrogen-bond acceptors (Lipinski definition) is 6. The van der Waals surface area contributed by atoms with Crippen molar-refractivity contribution in [3.8, 4) is 17.5 Å². The Bertz CT molecular complexity index is 1400. The van der Waals surface area contributed by atoms with Crippen LogP contribution in [0.25, 0.3) is 22.4 Å². The number of hydrogen-bond donors (Lipinski definition) is 1. The number of rotatable bonds is 2. The SMILES string of the molecule is CC(C)C1CN(c2nc3ccccc3o2)CCN1C(=NC#N)/N=c1\cccc2n(O)cccc1-2. The minimum atomic E-state index is 0.0392. The van der Waals surface area contributed by atoms with Crippen LogP contribution in [0, 0.1) is 17.4 Å². The standard InChI is InChI=1S/C25H25N7O2/c1-17(2)22-15-30(25-29-20-8-3-4-11-23(20)34-25)13-14-31(22)24(27-16-26)28-19-9-5-10-21-18(19)7-6-12-32(21)33/h3-12,17,22,33H,13-15H2,1-2H3/b27-24?,28-19+. The van der Waals surface area contributed by atoms with Gasteiger partial charge in [-0.15, -0.1) is 4.99 Å². The molecule has 2 aromatic rings. The molecule has 1 N–H and O–H groups in total. The first-order valence-corrected chi connectivity index (χ1v) is 11.2. The summed E-state index contributed by atoms with van der Waals surface area (Å²) in [6.45, 7) is 6.21. The third kappa shape index (κ3) is 3.94. The number of pyridine rings is 1. The number of oxazole rings is 1. The minimum Gasteiger partial charge on any atom is -0.428 e. The van der Waals surface area contributed by atoms with Crippen molar-refractivity contribution in [2.75, 3.05) is 24.5 Å². The van der Waals surface area contributed by atoms with Gasteiger partial charge in [0.2, 0.25) is 12.2 Å². The minimum absolute atomic E-state index is 0.0392. The van der Waals surface area contributed by atoms with E-state index in [1.54, 1.807) is 12.3 Å². The third-order valence-corrected chi connectivity index (χ3v) is 6.17. The molecule has 2 aliphatic heterocycles. The zero-order valence-electron chi connectivity index (χ0n) is 19.0. The van der Waals surface area contributed by atoms with E-state index in [0.717, 1.165) is 21.4 Å². The van der Waals surface area contributed by atoms with Crippen LogP contribution in [0.3, 0.4) is 0 Å². The highest BCUT2D eigenvalue weighted by Gasteiger charge is 2.33. The number of benzene rings is 2. The lowest BCUT2D eigenvalue weighted by atomic mass is 10.00. The second kappa shape index (κ2) is 8.90. The summed E-state index contributed by atoms with van der Waals surface area (Å²) in [6, 6.07) is 17.5. The lowest BCUT2D eigenvalue weighted by Gasteiger charge is -2.43. The Morgan fingerprint density at radius 1 is 1.15 bits per heavy atom. The molecule has 5 rings (SSSR count). The molecule has 9 nitrogen and oxygen atoms in total. The summed E-state index contributed by atoms with van der Waals surface area (Å²) in [6.07, 6.45) is 3.48. The first-order chi connectivity index (χ1) is 16.5. The molecule has 172 valence electrons. The molecular formula is C25H25N7O2. The molecule has 1 aromatic heterocycles. The number of anilines is 1. The van der Waals surface area contributed by atoms with Gasteiger partial charge in [-0.25, -0.2) is 4.99 Å². The molecule has 1 fully saturated rings. The van der Waals surface area contributed by atoms with E-state index in [1.165, 1.54) is 0 Å². The average Bonchev–Trinajstić information content (AvgIpc) is 3.28. The van der Waals surface area contributed by atoms with Gasteiger partial charge in [0.1, 0.15) is 5.52 Å². The summed E-state index contributed by atoms with van der Waals surface area (Å²) < 4.78 is 7.06. The van der Waals surface area contributed by atoms with E-state index in [2.05, 4.69) is 33.6 Å². The molecule has 3 aliphatic rings. The van der Waals surface area contributed by atoms with Crippen molar-refractivity contribution in [3.63, 3.8) is 0 Å². The largest absolute Gasteiger partial charge is 0.428 e. The van der Waals surface area contributed by atoms with Gasteiger partial charge < -0.3 is 19.4 Å². The lowest BCUT2D eigenvalue weighted by molar-refractivity contribution is 0.189. The van der Waals surface area contributed by atoms with E-state index in [4.69, 9.17) is 9.41 Å². The quantitative estimate of drug-likeness (QED) is 0.214. The number of para-hydroxylation sites is 2. The molecule has 0 amide bonds. The molecule has 0 spiro atoms. The van der Waals surface area contributed by atoms with E-state index < -0.39 is 0 Å². The fourth-order valence-electron chi connectivity index (χ4n) is 4.41. The molecule has 0 radical (unpaired) electrons. The molecule has 1 unspecified atom stereocenters. The fraction of sp³-hybridized carbons (Fsp3) is 0.280. The van der Waals surface area contributed by atoms with Crippen LogP contribution < -0.4 is 10.3 Å². The van der Waals surface area contributed by atoms with Crippen LogP contribution in [0.15, 0.2) is 75.2 Å². The third-order valence-electron chi connectivity index (χ3n) is 6.17. The molecule has 34 heavy (non-hydrogen) atoms. The zero-order chi connectivity index (χ0) is 23.7. The molecular weight excluding hydrogens is 430 g/mol. The molecule has 1 aromatic carbocycles. The van der Waals surface area contributed by atoms with Crippen LogP contribution >= 0.6 is 0 Å². The molecule has 0 bridgehead atoms. The van der Waals surface area contributed by atoms with Gasteiger partial charge in [0.05, 0.1) is 17.1 Å². The first kappa shape index (κ1) is 21.5. The summed E-state index contributed by atoms with van der Waals surface area (Å²) in [4.78, 5) is 17.7. The molecule has 9 heteroatoms. The number of piperazine rings is 1. The molecule has 3 heterocycles. The second-order valence-corrected chi connectivity index (χ2v) is 8.60. The van der Waals surface area contributed by atoms with Crippen LogP contribution in [-0.4, -0.2) is 51.5 Å². The van der Waals surface area contributed by atoms with E-state index in [0.29, 0.717) is 42.7 Å². The Morgan fingerprint density at radius 3 is 2.79 bits per heavy atom. The summed E-state index contributed by atoms with van der Waals surface area (Å²) in [7, 11) is 0. The van der Waals surface area contributed by atoms with Crippen LogP contribution in [0.4, 0.5) is 6.01 Å². The van der Waals surface area contributed by atoms with Gasteiger partial charge in [0, 0.05) is 31.4 Å². The van der Waals surface area contributed by atoms with Crippen molar-refractivity contribution < 1.29 is 9.62 Å². The van der Waals surface area contributed by atoms with E-state index >= 15 is 0 Å². The maximum Gasteiger partial charge on any atom is 0.298 e. The predicted molar refractivity (Wildman–Crippen MR) is 128 cm³/mol. The number of fused-ring (bicyclic) bond motifs is 2. The van der Waals surface area contributed by atoms with Crippen molar-refractivity contribution in [1.29, 1.82) is 5.26 Å². The number of nitrogens with zero attached hydrogens (tertiary/aromatic N) is 7. The molecule has 1 saturated heterocycles. The van der Waals surface area contributed by atoms with Crippen molar-refractivity contribution in [2.45, 2.75) is 19.9 Å². The Hall–Kier alpha value is -4.32. The van der Waals surface area contributed by atoms with Crippen molar-refractivity contribution >= 4 is 23.1 Å². The van der Waals surface area contributed by atoms with Crippen molar-refractivity contribution in [1.82, 2.24) is 14.6 Å². The Kier molecular flexibility index (Phi) is 5.64. The van der Waals surface area contributed by atoms with Crippen molar-refractivity contribution in [2.24, 2.45) is 15.9 Å². The Balaban J connectivity index is 1.49. The molecule has 1 atom stereocenters. The summed E-state index contributed by atoms with van der Waals surface area (Å²) in [5, 5.41) is 20.2. The van der Waals surface area contributed by atoms with Gasteiger partial charge in [0.25, 0.3) is 6.01 Å². The van der Waals surface area contributed by atoms with Gasteiger partial charge in [-0.2, -0.15) is 15.0 Å². The van der Waals surface area contributed by atoms with Gasteiger partial charge in [-0.3, -0.25) is 0 Å². The number of aliphatic imine (C=N–C) groups is 1. The topological polar surface area (TPSA) is 106 Å². The highest BCUT2D eigenvalue weighted by molar-refractivity contribution is 5.83. The lowest BCUT2D eigenvalue weighted by Crippen LogP contribution is -2.57. The summed E-state index contributed by atoms with van der Waals surface area (Å²) in [5.41, 5.74) is 2.99. The highest BCUT2D eigenvalue weighted by atomic mass is 16.5. The Morgan fingerprint density at radius 2 is 2.00 bits per heavy atom. The maximum atomic E-state index is 10.1. The van der Waals surface area contributed by atoms with E-state index in [-0.39, 0.29) is 12.0 Å². The van der Waals surface area contributed by atoms with Gasteiger partial charge in [-0.1, -0.05) is 32.0 Å². The number of nitriles is 1. The molecule has 1 aliphatic carbocycles. The van der Waals surface area contributed by atoms with Crippen molar-refractivity contribution in [3.05, 3.63) is 66.2 Å². The van der Waals surface area contributed by atoms with Crippen LogP contribution in [-0.2, 0) is 0 Å². The Labute approximate surface area is 196 Å². The molecule has 0 saturated carbocycles. The summed E-state index contributed by atoms with van der Waals surface area (Å²) in [5.74, 6) is 0.623. The fourth-order valence-corrected chi connectivity index (χ4v) is 4.41. The average molecular weight is 456 g/mol. The zero-order valence-corrected chi connectivity index (χ0v) is 19.0. The van der Waals surface area contributed by atoms with E-state index in [1.807, 2.05) is 54.7 Å². The van der Waals surface area contributed by atoms with Crippen LogP contribution in [0.2, 0.25) is 0 Å². The van der Waals surface area contributed by atoms with E-state index in [9.17, 15) is 10.5 Å². The summed E-state index contributed by atoms with van der Waals surface area (Å²) >= 11 is 0. The number of aromatic nitrogens is 2. The van der Waals surface area contributed by atoms with Gasteiger partial charge in [0.15, 0.2) is 5.58 Å². The first-order valence-electron chi connectivity index (χ1n) is 11.2.